The van der Waals surface area contributed by atoms with Gasteiger partial charge in [-0.1, -0.05) is 75.6 Å². The molecule has 0 fully saturated rings. The maximum absolute atomic E-state index is 2.38. The summed E-state index contributed by atoms with van der Waals surface area (Å²) in [6.45, 7) is 4.63. The van der Waals surface area contributed by atoms with Crippen LogP contribution in [0.25, 0.3) is 11.1 Å². The van der Waals surface area contributed by atoms with Crippen molar-refractivity contribution in [1.82, 2.24) is 0 Å². The Balaban J connectivity index is 1.91. The highest BCUT2D eigenvalue weighted by Gasteiger charge is 2.23. The van der Waals surface area contributed by atoms with E-state index in [2.05, 4.69) is 56.3 Å². The van der Waals surface area contributed by atoms with E-state index >= 15 is 0 Å². The highest BCUT2D eigenvalue weighted by Crippen LogP contribution is 2.41. The van der Waals surface area contributed by atoms with Crippen LogP contribution < -0.4 is 0 Å². The first-order chi connectivity index (χ1) is 10.3. The molecule has 110 valence electrons. The fraction of sp³-hybridized carbons (Fsp3) is 0.429. The van der Waals surface area contributed by atoms with Gasteiger partial charge in [0.05, 0.1) is 0 Å². The van der Waals surface area contributed by atoms with Crippen LogP contribution in [-0.2, 0) is 6.42 Å². The SMILES string of the molecule is CCCCCC(CC)c1cccc2c1Cc1ccccc1-2. The summed E-state index contributed by atoms with van der Waals surface area (Å²) in [5.74, 6) is 0.737. The highest BCUT2D eigenvalue weighted by atomic mass is 14.3. The van der Waals surface area contributed by atoms with Gasteiger partial charge in [-0.05, 0) is 53.0 Å². The minimum absolute atomic E-state index is 0.737. The molecule has 0 heterocycles. The van der Waals surface area contributed by atoms with Crippen LogP contribution in [0.1, 0.15) is 68.6 Å². The lowest BCUT2D eigenvalue weighted by atomic mass is 9.86. The molecule has 0 saturated carbocycles. The van der Waals surface area contributed by atoms with Crippen molar-refractivity contribution in [1.29, 1.82) is 0 Å². The molecule has 0 nitrogen and oxygen atoms in total. The molecule has 21 heavy (non-hydrogen) atoms. The second kappa shape index (κ2) is 6.47. The summed E-state index contributed by atoms with van der Waals surface area (Å²) in [5.41, 5.74) is 7.66. The van der Waals surface area contributed by atoms with Crippen molar-refractivity contribution < 1.29 is 0 Å². The van der Waals surface area contributed by atoms with E-state index in [4.69, 9.17) is 0 Å². The van der Waals surface area contributed by atoms with Crippen molar-refractivity contribution in [3.63, 3.8) is 0 Å². The molecule has 0 aliphatic heterocycles. The lowest BCUT2D eigenvalue weighted by Gasteiger charge is -2.19. The summed E-state index contributed by atoms with van der Waals surface area (Å²) in [6, 6.07) is 15.9. The van der Waals surface area contributed by atoms with E-state index in [1.165, 1.54) is 48.8 Å². The molecule has 1 unspecified atom stereocenters. The molecule has 0 saturated heterocycles. The van der Waals surface area contributed by atoms with Gasteiger partial charge in [0.2, 0.25) is 0 Å². The fourth-order valence-electron chi connectivity index (χ4n) is 3.78. The van der Waals surface area contributed by atoms with Gasteiger partial charge in [-0.25, -0.2) is 0 Å². The van der Waals surface area contributed by atoms with E-state index in [0.717, 1.165) is 12.3 Å². The molecular weight excluding hydrogens is 252 g/mol. The Morgan fingerprint density at radius 1 is 0.905 bits per heavy atom. The monoisotopic (exact) mass is 278 g/mol. The molecule has 0 radical (unpaired) electrons. The van der Waals surface area contributed by atoms with Crippen LogP contribution in [0.3, 0.4) is 0 Å². The van der Waals surface area contributed by atoms with Crippen LogP contribution in [0.2, 0.25) is 0 Å². The number of unbranched alkanes of at least 4 members (excludes halogenated alkanes) is 2. The Bertz CT molecular complexity index is 609. The van der Waals surface area contributed by atoms with E-state index in [1.54, 1.807) is 11.1 Å². The van der Waals surface area contributed by atoms with Gasteiger partial charge in [0.15, 0.2) is 0 Å². The zero-order valence-corrected chi connectivity index (χ0v) is 13.4. The van der Waals surface area contributed by atoms with Crippen molar-refractivity contribution in [2.45, 2.75) is 58.3 Å². The summed E-state index contributed by atoms with van der Waals surface area (Å²) in [4.78, 5) is 0. The quantitative estimate of drug-likeness (QED) is 0.462. The zero-order valence-electron chi connectivity index (χ0n) is 13.4. The maximum atomic E-state index is 2.38. The fourth-order valence-corrected chi connectivity index (χ4v) is 3.78. The Morgan fingerprint density at radius 3 is 2.52 bits per heavy atom. The average Bonchev–Trinajstić information content (AvgIpc) is 2.91. The van der Waals surface area contributed by atoms with Gasteiger partial charge in [0.1, 0.15) is 0 Å². The van der Waals surface area contributed by atoms with Crippen LogP contribution >= 0.6 is 0 Å². The topological polar surface area (TPSA) is 0 Å². The number of fused-ring (bicyclic) bond motifs is 3. The van der Waals surface area contributed by atoms with Gasteiger partial charge in [0.25, 0.3) is 0 Å². The van der Waals surface area contributed by atoms with Crippen LogP contribution in [0.15, 0.2) is 42.5 Å². The third kappa shape index (κ3) is 2.77. The van der Waals surface area contributed by atoms with E-state index < -0.39 is 0 Å². The molecule has 0 spiro atoms. The number of hydrogen-bond acceptors (Lipinski definition) is 0. The maximum Gasteiger partial charge on any atom is -0.00106 e. The summed E-state index contributed by atoms with van der Waals surface area (Å²) >= 11 is 0. The lowest BCUT2D eigenvalue weighted by molar-refractivity contribution is 0.551. The second-order valence-corrected chi connectivity index (χ2v) is 6.31. The molecule has 1 atom stereocenters. The average molecular weight is 278 g/mol. The number of benzene rings is 2. The van der Waals surface area contributed by atoms with Crippen LogP contribution in [0.5, 0.6) is 0 Å². The molecule has 1 aliphatic carbocycles. The van der Waals surface area contributed by atoms with Crippen molar-refractivity contribution in [3.05, 3.63) is 59.2 Å². The van der Waals surface area contributed by atoms with E-state index in [1.807, 2.05) is 0 Å². The van der Waals surface area contributed by atoms with Crippen molar-refractivity contribution >= 4 is 0 Å². The second-order valence-electron chi connectivity index (χ2n) is 6.31. The first kappa shape index (κ1) is 14.4. The van der Waals surface area contributed by atoms with Gasteiger partial charge in [-0.3, -0.25) is 0 Å². The standard InChI is InChI=1S/C21H26/c1-3-5-6-10-16(4-2)18-13-9-14-20-19-12-8-7-11-17(19)15-21(18)20/h7-9,11-14,16H,3-6,10,15H2,1-2H3. The van der Waals surface area contributed by atoms with Crippen LogP contribution in [0, 0.1) is 0 Å². The molecule has 0 bridgehead atoms. The van der Waals surface area contributed by atoms with Gasteiger partial charge in [-0.2, -0.15) is 0 Å². The Morgan fingerprint density at radius 2 is 1.71 bits per heavy atom. The Hall–Kier alpha value is -1.56. The van der Waals surface area contributed by atoms with Crippen molar-refractivity contribution in [2.75, 3.05) is 0 Å². The molecule has 2 aromatic rings. The smallest absolute Gasteiger partial charge is 0.00106 e. The first-order valence-electron chi connectivity index (χ1n) is 8.55. The molecule has 0 aromatic heterocycles. The summed E-state index contributed by atoms with van der Waals surface area (Å²) in [7, 11) is 0. The van der Waals surface area contributed by atoms with Crippen molar-refractivity contribution in [3.8, 4) is 11.1 Å². The lowest BCUT2D eigenvalue weighted by Crippen LogP contribution is -2.02. The van der Waals surface area contributed by atoms with Gasteiger partial charge in [-0.15, -0.1) is 0 Å². The number of hydrogen-bond donors (Lipinski definition) is 0. The van der Waals surface area contributed by atoms with Crippen LogP contribution in [0.4, 0.5) is 0 Å². The van der Waals surface area contributed by atoms with Crippen molar-refractivity contribution in [2.24, 2.45) is 0 Å². The third-order valence-electron chi connectivity index (χ3n) is 4.98. The summed E-state index contributed by atoms with van der Waals surface area (Å²) in [5, 5.41) is 0. The normalized spacial score (nSPS) is 13.8. The van der Waals surface area contributed by atoms with E-state index in [-0.39, 0.29) is 0 Å². The number of rotatable bonds is 6. The minimum atomic E-state index is 0.737. The zero-order chi connectivity index (χ0) is 14.7. The molecule has 2 aromatic carbocycles. The minimum Gasteiger partial charge on any atom is -0.0654 e. The molecule has 1 aliphatic rings. The molecule has 0 heteroatoms. The van der Waals surface area contributed by atoms with Gasteiger partial charge in [0, 0.05) is 0 Å². The molecule has 0 amide bonds. The van der Waals surface area contributed by atoms with Gasteiger partial charge < -0.3 is 0 Å². The predicted octanol–water partition coefficient (Wildman–Crippen LogP) is 6.33. The first-order valence-corrected chi connectivity index (χ1v) is 8.55. The molecule has 3 rings (SSSR count). The summed E-state index contributed by atoms with van der Waals surface area (Å²) in [6.07, 6.45) is 7.78. The highest BCUT2D eigenvalue weighted by molar-refractivity contribution is 5.78. The predicted molar refractivity (Wildman–Crippen MR) is 91.9 cm³/mol. The van der Waals surface area contributed by atoms with E-state index in [9.17, 15) is 0 Å². The molecular formula is C21H26. The molecule has 0 N–H and O–H groups in total. The largest absolute Gasteiger partial charge is 0.0654 e. The third-order valence-corrected chi connectivity index (χ3v) is 4.98. The Kier molecular flexibility index (Phi) is 4.43. The van der Waals surface area contributed by atoms with E-state index in [0.29, 0.717) is 0 Å². The van der Waals surface area contributed by atoms with Crippen LogP contribution in [-0.4, -0.2) is 0 Å². The summed E-state index contributed by atoms with van der Waals surface area (Å²) < 4.78 is 0. The Labute approximate surface area is 129 Å². The van der Waals surface area contributed by atoms with Gasteiger partial charge >= 0.3 is 0 Å².